The minimum absolute atomic E-state index is 0.378. The average Bonchev–Trinajstić information content (AvgIpc) is 2.59. The summed E-state index contributed by atoms with van der Waals surface area (Å²) in [6.45, 7) is 9.03. The first-order chi connectivity index (χ1) is 12.0. The Labute approximate surface area is 155 Å². The van der Waals surface area contributed by atoms with E-state index in [1.807, 2.05) is 32.0 Å². The lowest BCUT2D eigenvalue weighted by atomic mass is 9.73. The Bertz CT molecular complexity index is 467. The third-order valence-corrected chi connectivity index (χ3v) is 5.50. The molecule has 0 heterocycles. The monoisotopic (exact) mass is 346 g/mol. The predicted molar refractivity (Wildman–Crippen MR) is 107 cm³/mol. The fourth-order valence-electron chi connectivity index (χ4n) is 4.18. The van der Waals surface area contributed by atoms with E-state index >= 15 is 0 Å². The molecule has 2 rings (SSSR count). The molecule has 1 aliphatic rings. The number of hydrogen-bond acceptors (Lipinski definition) is 2. The van der Waals surface area contributed by atoms with E-state index in [1.165, 1.54) is 44.9 Å². The van der Waals surface area contributed by atoms with Gasteiger partial charge in [0.15, 0.2) is 0 Å². The van der Waals surface area contributed by atoms with Crippen LogP contribution in [0.5, 0.6) is 0 Å². The number of hydrogen-bond donors (Lipinski definition) is 1. The first-order valence-corrected chi connectivity index (χ1v) is 10.1. The summed E-state index contributed by atoms with van der Waals surface area (Å²) in [6, 6.07) is 5.80. The Balaban J connectivity index is 0.000000271. The number of benzene rings is 1. The van der Waals surface area contributed by atoms with E-state index in [0.717, 1.165) is 47.2 Å². The largest absolute Gasteiger partial charge is 0.396 e. The zero-order valence-corrected chi connectivity index (χ0v) is 16.8. The lowest BCUT2D eigenvalue weighted by molar-refractivity contribution is 0.112. The average molecular weight is 347 g/mol. The second-order valence-electron chi connectivity index (χ2n) is 7.97. The lowest BCUT2D eigenvalue weighted by Crippen LogP contribution is -2.21. The smallest absolute Gasteiger partial charge is 0.150 e. The van der Waals surface area contributed by atoms with E-state index < -0.39 is 0 Å². The summed E-state index contributed by atoms with van der Waals surface area (Å²) in [4.78, 5) is 10.3. The van der Waals surface area contributed by atoms with Gasteiger partial charge in [-0.2, -0.15) is 0 Å². The molecule has 1 aromatic rings. The van der Waals surface area contributed by atoms with Crippen LogP contribution in [0.1, 0.15) is 86.7 Å². The van der Waals surface area contributed by atoms with E-state index in [4.69, 9.17) is 5.11 Å². The molecule has 1 saturated carbocycles. The van der Waals surface area contributed by atoms with Crippen molar-refractivity contribution in [3.8, 4) is 0 Å². The normalized spacial score (nSPS) is 21.2. The van der Waals surface area contributed by atoms with Gasteiger partial charge in [0.1, 0.15) is 6.29 Å². The van der Waals surface area contributed by atoms with Gasteiger partial charge in [-0.1, -0.05) is 56.7 Å². The standard InChI is InChI=1S/C14H28O.C9H10O/c1-3-5-13(6-4-11-15)14-9-7-12(2)8-10-14;1-7-3-8(2)5-9(4-7)6-10/h12-15H,3-11H2,1-2H3;3-6H,1-2H3. The second-order valence-corrected chi connectivity index (χ2v) is 7.97. The van der Waals surface area contributed by atoms with Crippen LogP contribution in [0, 0.1) is 31.6 Å². The highest BCUT2D eigenvalue weighted by Gasteiger charge is 2.24. The zero-order valence-electron chi connectivity index (χ0n) is 16.8. The molecule has 2 heteroatoms. The van der Waals surface area contributed by atoms with Crippen LogP contribution in [0.25, 0.3) is 0 Å². The maximum absolute atomic E-state index is 10.3. The van der Waals surface area contributed by atoms with Crippen molar-refractivity contribution >= 4 is 6.29 Å². The molecular formula is C23H38O2. The molecule has 1 fully saturated rings. The Morgan fingerprint density at radius 2 is 1.68 bits per heavy atom. The highest BCUT2D eigenvalue weighted by molar-refractivity contribution is 5.75. The Morgan fingerprint density at radius 3 is 2.16 bits per heavy atom. The van der Waals surface area contributed by atoms with Gasteiger partial charge in [-0.05, 0) is 69.4 Å². The lowest BCUT2D eigenvalue weighted by Gasteiger charge is -2.32. The topological polar surface area (TPSA) is 37.3 Å². The van der Waals surface area contributed by atoms with Crippen molar-refractivity contribution in [2.24, 2.45) is 17.8 Å². The number of aryl methyl sites for hydroxylation is 2. The third kappa shape index (κ3) is 8.67. The fraction of sp³-hybridized carbons (Fsp3) is 0.696. The quantitative estimate of drug-likeness (QED) is 0.604. The molecule has 0 radical (unpaired) electrons. The summed E-state index contributed by atoms with van der Waals surface area (Å²) in [5, 5.41) is 8.92. The molecule has 0 amide bonds. The van der Waals surface area contributed by atoms with Crippen molar-refractivity contribution in [1.82, 2.24) is 0 Å². The molecule has 142 valence electrons. The maximum atomic E-state index is 10.3. The Hall–Kier alpha value is -1.15. The molecule has 1 atom stereocenters. The van der Waals surface area contributed by atoms with Gasteiger partial charge in [0.25, 0.3) is 0 Å². The molecule has 1 unspecified atom stereocenters. The first-order valence-electron chi connectivity index (χ1n) is 10.1. The minimum atomic E-state index is 0.378. The van der Waals surface area contributed by atoms with Crippen molar-refractivity contribution in [2.75, 3.05) is 6.61 Å². The zero-order chi connectivity index (χ0) is 18.7. The van der Waals surface area contributed by atoms with E-state index in [0.29, 0.717) is 6.61 Å². The maximum Gasteiger partial charge on any atom is 0.150 e. The molecule has 0 aromatic heterocycles. The van der Waals surface area contributed by atoms with Crippen LogP contribution in [0.4, 0.5) is 0 Å². The van der Waals surface area contributed by atoms with Gasteiger partial charge in [-0.15, -0.1) is 0 Å². The predicted octanol–water partition coefficient (Wildman–Crippen LogP) is 6.12. The van der Waals surface area contributed by atoms with E-state index in [2.05, 4.69) is 13.8 Å². The summed E-state index contributed by atoms with van der Waals surface area (Å²) < 4.78 is 0. The van der Waals surface area contributed by atoms with E-state index in [9.17, 15) is 4.79 Å². The molecule has 0 bridgehead atoms. The number of aldehydes is 1. The summed E-state index contributed by atoms with van der Waals surface area (Å²) in [7, 11) is 0. The van der Waals surface area contributed by atoms with Gasteiger partial charge in [-0.3, -0.25) is 4.79 Å². The molecule has 1 aromatic carbocycles. The van der Waals surface area contributed by atoms with Crippen molar-refractivity contribution in [3.05, 3.63) is 34.9 Å². The first kappa shape index (κ1) is 21.9. The molecule has 0 saturated heterocycles. The molecular weight excluding hydrogens is 308 g/mol. The Kier molecular flexibility index (Phi) is 10.7. The second kappa shape index (κ2) is 12.2. The summed E-state index contributed by atoms with van der Waals surface area (Å²) in [6.07, 6.45) is 11.6. The Morgan fingerprint density at radius 1 is 1.08 bits per heavy atom. The van der Waals surface area contributed by atoms with E-state index in [1.54, 1.807) is 0 Å². The third-order valence-electron chi connectivity index (χ3n) is 5.50. The number of carbonyl (C=O) groups excluding carboxylic acids is 1. The number of aliphatic hydroxyl groups excluding tert-OH is 1. The number of aliphatic hydroxyl groups is 1. The van der Waals surface area contributed by atoms with Crippen LogP contribution in [-0.2, 0) is 0 Å². The highest BCUT2D eigenvalue weighted by atomic mass is 16.2. The van der Waals surface area contributed by atoms with Gasteiger partial charge >= 0.3 is 0 Å². The van der Waals surface area contributed by atoms with Gasteiger partial charge in [0.2, 0.25) is 0 Å². The van der Waals surface area contributed by atoms with Gasteiger partial charge in [0, 0.05) is 12.2 Å². The summed E-state index contributed by atoms with van der Waals surface area (Å²) in [5.41, 5.74) is 3.04. The molecule has 1 aliphatic carbocycles. The fourth-order valence-corrected chi connectivity index (χ4v) is 4.18. The van der Waals surface area contributed by atoms with Crippen LogP contribution in [-0.4, -0.2) is 18.0 Å². The van der Waals surface area contributed by atoms with Crippen molar-refractivity contribution in [3.63, 3.8) is 0 Å². The van der Waals surface area contributed by atoms with Crippen LogP contribution in [0.15, 0.2) is 18.2 Å². The summed E-state index contributed by atoms with van der Waals surface area (Å²) in [5.74, 6) is 2.82. The highest BCUT2D eigenvalue weighted by Crippen LogP contribution is 2.37. The summed E-state index contributed by atoms with van der Waals surface area (Å²) >= 11 is 0. The van der Waals surface area contributed by atoms with Gasteiger partial charge < -0.3 is 5.11 Å². The van der Waals surface area contributed by atoms with Crippen LogP contribution in [0.2, 0.25) is 0 Å². The van der Waals surface area contributed by atoms with Gasteiger partial charge in [-0.25, -0.2) is 0 Å². The molecule has 0 aliphatic heterocycles. The molecule has 0 spiro atoms. The van der Waals surface area contributed by atoms with Crippen LogP contribution < -0.4 is 0 Å². The minimum Gasteiger partial charge on any atom is -0.396 e. The van der Waals surface area contributed by atoms with E-state index in [-0.39, 0.29) is 0 Å². The van der Waals surface area contributed by atoms with Gasteiger partial charge in [0.05, 0.1) is 0 Å². The molecule has 2 nitrogen and oxygen atoms in total. The van der Waals surface area contributed by atoms with Crippen molar-refractivity contribution in [2.45, 2.75) is 79.1 Å². The number of carbonyl (C=O) groups is 1. The van der Waals surface area contributed by atoms with Crippen LogP contribution >= 0.6 is 0 Å². The molecule has 25 heavy (non-hydrogen) atoms. The number of rotatable bonds is 7. The van der Waals surface area contributed by atoms with Crippen LogP contribution in [0.3, 0.4) is 0 Å². The SMILES string of the molecule is CCCC(CCCO)C1CCC(C)CC1.Cc1cc(C)cc(C=O)c1. The van der Waals surface area contributed by atoms with Crippen molar-refractivity contribution in [1.29, 1.82) is 0 Å². The molecule has 1 N–H and O–H groups in total. The van der Waals surface area contributed by atoms with Crippen molar-refractivity contribution < 1.29 is 9.90 Å².